The normalized spacial score (nSPS) is 24.1. The fraction of sp³-hybridized carbons (Fsp3) is 0.727. The van der Waals surface area contributed by atoms with Gasteiger partial charge in [0.05, 0.1) is 7.11 Å². The van der Waals surface area contributed by atoms with Gasteiger partial charge in [0, 0.05) is 13.0 Å². The zero-order valence-corrected chi connectivity index (χ0v) is 8.46. The van der Waals surface area contributed by atoms with Crippen molar-refractivity contribution in [2.75, 3.05) is 13.7 Å². The topological polar surface area (TPSA) is 21.6 Å². The van der Waals surface area contributed by atoms with Crippen LogP contribution in [0.15, 0.2) is 17.6 Å². The number of nitrogens with zero attached hydrogens (tertiary/aromatic N) is 1. The van der Waals surface area contributed by atoms with E-state index in [9.17, 15) is 0 Å². The maximum absolute atomic E-state index is 5.18. The number of allylic oxidation sites excluding steroid dienone is 1. The number of methoxy groups -OCH3 is 1. The lowest BCUT2D eigenvalue weighted by atomic mass is 9.97. The molecule has 1 aliphatic rings. The summed E-state index contributed by atoms with van der Waals surface area (Å²) in [7, 11) is 1.71. The van der Waals surface area contributed by atoms with Crippen LogP contribution in [0, 0.1) is 5.92 Å². The molecule has 1 atom stereocenters. The van der Waals surface area contributed by atoms with Gasteiger partial charge in [-0.3, -0.25) is 4.99 Å². The van der Waals surface area contributed by atoms with Gasteiger partial charge < -0.3 is 4.74 Å². The summed E-state index contributed by atoms with van der Waals surface area (Å²) < 4.78 is 5.18. The van der Waals surface area contributed by atoms with Crippen LogP contribution in [0.3, 0.4) is 0 Å². The van der Waals surface area contributed by atoms with E-state index in [-0.39, 0.29) is 0 Å². The van der Waals surface area contributed by atoms with E-state index in [4.69, 9.17) is 4.74 Å². The van der Waals surface area contributed by atoms with Crippen molar-refractivity contribution in [1.82, 2.24) is 0 Å². The van der Waals surface area contributed by atoms with E-state index in [0.29, 0.717) is 5.92 Å². The second-order valence-electron chi connectivity index (χ2n) is 3.57. The van der Waals surface area contributed by atoms with Crippen molar-refractivity contribution in [3.05, 3.63) is 12.7 Å². The lowest BCUT2D eigenvalue weighted by Gasteiger charge is -2.16. The summed E-state index contributed by atoms with van der Waals surface area (Å²) in [5, 5.41) is 0. The second-order valence-corrected chi connectivity index (χ2v) is 3.57. The van der Waals surface area contributed by atoms with E-state index >= 15 is 0 Å². The molecule has 1 rings (SSSR count). The lowest BCUT2D eigenvalue weighted by molar-refractivity contribution is 0.369. The van der Waals surface area contributed by atoms with Crippen LogP contribution in [0.4, 0.5) is 0 Å². The van der Waals surface area contributed by atoms with Crippen molar-refractivity contribution >= 4 is 5.90 Å². The van der Waals surface area contributed by atoms with E-state index in [2.05, 4.69) is 11.6 Å². The van der Waals surface area contributed by atoms with Crippen molar-refractivity contribution in [3.8, 4) is 0 Å². The third-order valence-corrected chi connectivity index (χ3v) is 2.51. The molecule has 2 nitrogen and oxygen atoms in total. The molecule has 0 saturated carbocycles. The summed E-state index contributed by atoms with van der Waals surface area (Å²) in [5.74, 6) is 1.61. The number of hydrogen-bond donors (Lipinski definition) is 0. The van der Waals surface area contributed by atoms with Crippen LogP contribution in [0.25, 0.3) is 0 Å². The molecular weight excluding hydrogens is 162 g/mol. The molecule has 0 spiro atoms. The molecular formula is C11H19NO. The average Bonchev–Trinajstić information content (AvgIpc) is 2.11. The Morgan fingerprint density at radius 1 is 1.62 bits per heavy atom. The number of aliphatic imine (C=N–C) groups is 1. The molecule has 0 aromatic rings. The molecule has 0 aromatic carbocycles. The molecule has 0 radical (unpaired) electrons. The van der Waals surface area contributed by atoms with Crippen LogP contribution >= 0.6 is 0 Å². The maximum Gasteiger partial charge on any atom is 0.182 e. The first kappa shape index (κ1) is 10.3. The Balaban J connectivity index is 2.46. The van der Waals surface area contributed by atoms with Gasteiger partial charge in [-0.05, 0) is 25.2 Å². The van der Waals surface area contributed by atoms with Gasteiger partial charge >= 0.3 is 0 Å². The Bertz CT molecular complexity index is 187. The third kappa shape index (κ3) is 3.62. The minimum Gasteiger partial charge on any atom is -0.484 e. The Labute approximate surface area is 80.7 Å². The highest BCUT2D eigenvalue weighted by atomic mass is 16.5. The van der Waals surface area contributed by atoms with Gasteiger partial charge in [-0.2, -0.15) is 0 Å². The minimum absolute atomic E-state index is 0.683. The molecule has 13 heavy (non-hydrogen) atoms. The molecule has 0 aromatic heterocycles. The zero-order valence-electron chi connectivity index (χ0n) is 8.46. The fourth-order valence-electron chi connectivity index (χ4n) is 1.71. The van der Waals surface area contributed by atoms with Gasteiger partial charge in [0.25, 0.3) is 0 Å². The minimum atomic E-state index is 0.683. The van der Waals surface area contributed by atoms with Gasteiger partial charge in [0.2, 0.25) is 0 Å². The number of ether oxygens (including phenoxy) is 1. The molecule has 0 aliphatic carbocycles. The summed E-state index contributed by atoms with van der Waals surface area (Å²) in [6.45, 7) is 4.68. The van der Waals surface area contributed by atoms with E-state index in [1.807, 2.05) is 6.08 Å². The van der Waals surface area contributed by atoms with Crippen LogP contribution in [0.1, 0.15) is 32.1 Å². The Morgan fingerprint density at radius 3 is 3.15 bits per heavy atom. The molecule has 0 bridgehead atoms. The second kappa shape index (κ2) is 5.79. The Kier molecular flexibility index (Phi) is 4.58. The average molecular weight is 181 g/mol. The highest BCUT2D eigenvalue weighted by molar-refractivity contribution is 5.75. The third-order valence-electron chi connectivity index (χ3n) is 2.51. The molecule has 0 fully saturated rings. The highest BCUT2D eigenvalue weighted by Crippen LogP contribution is 2.18. The standard InChI is InChI=1S/C11H19NO/c1-3-6-10-7-4-5-8-11(13-2)12-9-10/h3,10H,1,4-9H2,2H3. The van der Waals surface area contributed by atoms with Crippen LogP contribution in [0.2, 0.25) is 0 Å². The number of hydrogen-bond acceptors (Lipinski definition) is 2. The van der Waals surface area contributed by atoms with Crippen LogP contribution in [-0.4, -0.2) is 19.6 Å². The first-order valence-corrected chi connectivity index (χ1v) is 5.05. The van der Waals surface area contributed by atoms with Crippen molar-refractivity contribution in [3.63, 3.8) is 0 Å². The zero-order chi connectivity index (χ0) is 9.52. The van der Waals surface area contributed by atoms with E-state index < -0.39 is 0 Å². The first-order chi connectivity index (χ1) is 6.36. The van der Waals surface area contributed by atoms with Crippen molar-refractivity contribution in [2.24, 2.45) is 10.9 Å². The van der Waals surface area contributed by atoms with Crippen LogP contribution in [0.5, 0.6) is 0 Å². The van der Waals surface area contributed by atoms with Gasteiger partial charge in [-0.25, -0.2) is 0 Å². The molecule has 1 unspecified atom stereocenters. The molecule has 0 saturated heterocycles. The van der Waals surface area contributed by atoms with E-state index in [1.165, 1.54) is 19.3 Å². The van der Waals surface area contributed by atoms with Gasteiger partial charge in [-0.15, -0.1) is 6.58 Å². The maximum atomic E-state index is 5.18. The molecule has 1 aliphatic heterocycles. The van der Waals surface area contributed by atoms with Crippen molar-refractivity contribution in [1.29, 1.82) is 0 Å². The van der Waals surface area contributed by atoms with Crippen LogP contribution < -0.4 is 0 Å². The largest absolute Gasteiger partial charge is 0.484 e. The van der Waals surface area contributed by atoms with Gasteiger partial charge in [-0.1, -0.05) is 12.5 Å². The quantitative estimate of drug-likeness (QED) is 0.600. The molecule has 1 heterocycles. The SMILES string of the molecule is C=CCC1CCCCC(OC)=NC1. The van der Waals surface area contributed by atoms with Gasteiger partial charge in [0.15, 0.2) is 5.90 Å². The number of rotatable bonds is 2. The first-order valence-electron chi connectivity index (χ1n) is 5.05. The van der Waals surface area contributed by atoms with Gasteiger partial charge in [0.1, 0.15) is 0 Å². The monoisotopic (exact) mass is 181 g/mol. The lowest BCUT2D eigenvalue weighted by Crippen LogP contribution is -2.12. The summed E-state index contributed by atoms with van der Waals surface area (Å²) in [4.78, 5) is 4.45. The highest BCUT2D eigenvalue weighted by Gasteiger charge is 2.10. The molecule has 0 N–H and O–H groups in total. The Morgan fingerprint density at radius 2 is 2.46 bits per heavy atom. The van der Waals surface area contributed by atoms with E-state index in [1.54, 1.807) is 7.11 Å². The predicted molar refractivity (Wildman–Crippen MR) is 56.1 cm³/mol. The summed E-state index contributed by atoms with van der Waals surface area (Å²) >= 11 is 0. The molecule has 2 heteroatoms. The summed E-state index contributed by atoms with van der Waals surface area (Å²) in [5.41, 5.74) is 0. The van der Waals surface area contributed by atoms with Crippen LogP contribution in [-0.2, 0) is 4.74 Å². The summed E-state index contributed by atoms with van der Waals surface area (Å²) in [6.07, 6.45) is 7.87. The smallest absolute Gasteiger partial charge is 0.182 e. The van der Waals surface area contributed by atoms with E-state index in [0.717, 1.165) is 25.3 Å². The fourth-order valence-corrected chi connectivity index (χ4v) is 1.71. The molecule has 0 amide bonds. The van der Waals surface area contributed by atoms with Crippen molar-refractivity contribution < 1.29 is 4.74 Å². The summed E-state index contributed by atoms with van der Waals surface area (Å²) in [6, 6.07) is 0. The molecule has 74 valence electrons. The Hall–Kier alpha value is -0.790. The van der Waals surface area contributed by atoms with Crippen molar-refractivity contribution in [2.45, 2.75) is 32.1 Å². The predicted octanol–water partition coefficient (Wildman–Crippen LogP) is 2.80.